The van der Waals surface area contributed by atoms with Gasteiger partial charge < -0.3 is 24.3 Å². The summed E-state index contributed by atoms with van der Waals surface area (Å²) in [5.41, 5.74) is 4.10. The summed E-state index contributed by atoms with van der Waals surface area (Å²) in [5, 5.41) is 7.65. The molecule has 1 aromatic carbocycles. The van der Waals surface area contributed by atoms with Crippen LogP contribution >= 0.6 is 11.6 Å². The molecule has 0 bridgehead atoms. The number of likely N-dealkylation sites (N-methyl/N-ethyl adjacent to an activating group) is 1. The minimum absolute atomic E-state index is 0.0337. The lowest BCUT2D eigenvalue weighted by Gasteiger charge is -2.69. The molecule has 0 spiro atoms. The number of ether oxygens (including phenoxy) is 1. The molecule has 10 heteroatoms. The SMILES string of the molecule is CC(C)(C=O)CC=O.CO.COC1CCC2(C)C(CCC3(C)C4CCC5(c6cc(=O)n(-c7ccc(Cl)cc7)n6CCN(C)C)CC(=O)C(C(C)C)=C5C4CCC32)C1(C)C. The number of aromatic nitrogens is 2. The number of fused-ring (bicyclic) bond motifs is 7. The van der Waals surface area contributed by atoms with Crippen LogP contribution in [-0.4, -0.2) is 78.7 Å². The summed E-state index contributed by atoms with van der Waals surface area (Å²) >= 11 is 6.29. The third-order valence-corrected chi connectivity index (χ3v) is 16.3. The van der Waals surface area contributed by atoms with E-state index in [2.05, 4.69) is 65.2 Å². The van der Waals surface area contributed by atoms with E-state index in [1.165, 1.54) is 31.3 Å². The van der Waals surface area contributed by atoms with Gasteiger partial charge in [-0.05, 0) is 147 Å². The summed E-state index contributed by atoms with van der Waals surface area (Å²) in [7, 11) is 7.07. The van der Waals surface area contributed by atoms with Crippen LogP contribution in [0.3, 0.4) is 0 Å². The third-order valence-electron chi connectivity index (χ3n) is 16.1. The van der Waals surface area contributed by atoms with Crippen molar-refractivity contribution in [1.82, 2.24) is 14.3 Å². The van der Waals surface area contributed by atoms with E-state index in [4.69, 9.17) is 21.4 Å². The Bertz CT molecular complexity index is 1920. The van der Waals surface area contributed by atoms with Crippen LogP contribution < -0.4 is 5.56 Å². The number of aldehydes is 2. The van der Waals surface area contributed by atoms with E-state index in [-0.39, 0.29) is 22.3 Å². The van der Waals surface area contributed by atoms with Gasteiger partial charge in [-0.1, -0.05) is 67.0 Å². The number of rotatable bonds is 10. The number of methoxy groups -OCH3 is 1. The van der Waals surface area contributed by atoms with Gasteiger partial charge in [0.25, 0.3) is 5.56 Å². The Morgan fingerprint density at radius 1 is 0.932 bits per heavy atom. The molecule has 8 atom stereocenters. The number of carbonyl (C=O) groups excluding carboxylic acids is 3. The van der Waals surface area contributed by atoms with Crippen molar-refractivity contribution in [3.05, 3.63) is 62.5 Å². The van der Waals surface area contributed by atoms with Crippen molar-refractivity contribution in [2.75, 3.05) is 34.9 Å². The van der Waals surface area contributed by atoms with Crippen LogP contribution in [0.1, 0.15) is 125 Å². The van der Waals surface area contributed by atoms with Gasteiger partial charge in [0.1, 0.15) is 12.6 Å². The van der Waals surface area contributed by atoms with E-state index >= 15 is 0 Å². The van der Waals surface area contributed by atoms with Crippen LogP contribution in [0, 0.1) is 51.2 Å². The quantitative estimate of drug-likeness (QED) is 0.238. The summed E-state index contributed by atoms with van der Waals surface area (Å²) in [5.74, 6) is 2.72. The Kier molecular flexibility index (Phi) is 14.3. The van der Waals surface area contributed by atoms with Gasteiger partial charge in [0.2, 0.25) is 0 Å². The zero-order valence-corrected chi connectivity index (χ0v) is 39.0. The highest BCUT2D eigenvalue weighted by atomic mass is 35.5. The molecule has 5 aliphatic rings. The van der Waals surface area contributed by atoms with Gasteiger partial charge in [0, 0.05) is 55.5 Å². The second kappa shape index (κ2) is 17.9. The van der Waals surface area contributed by atoms with Gasteiger partial charge in [0.05, 0.1) is 24.0 Å². The van der Waals surface area contributed by atoms with Gasteiger partial charge in [0.15, 0.2) is 5.78 Å². The summed E-state index contributed by atoms with van der Waals surface area (Å²) in [6, 6.07) is 9.47. The predicted molar refractivity (Wildman–Crippen MR) is 237 cm³/mol. The number of nitrogens with zero attached hydrogens (tertiary/aromatic N) is 3. The molecule has 5 aliphatic carbocycles. The molecule has 4 fully saturated rings. The van der Waals surface area contributed by atoms with E-state index < -0.39 is 10.8 Å². The first-order valence-electron chi connectivity index (χ1n) is 22.1. The lowest BCUT2D eigenvalue weighted by atomic mass is 9.36. The molecule has 9 nitrogen and oxygen atoms in total. The summed E-state index contributed by atoms with van der Waals surface area (Å²) in [6.07, 6.45) is 12.0. The molecular weight excluding hydrogens is 762 g/mol. The molecule has 1 heterocycles. The molecule has 0 radical (unpaired) electrons. The fourth-order valence-electron chi connectivity index (χ4n) is 13.5. The minimum Gasteiger partial charge on any atom is -0.400 e. The fourth-order valence-corrected chi connectivity index (χ4v) is 13.6. The summed E-state index contributed by atoms with van der Waals surface area (Å²) in [6.45, 7) is 19.6. The molecular formula is C49H74ClN3O6. The lowest BCUT2D eigenvalue weighted by Crippen LogP contribution is -2.63. The normalized spacial score (nSPS) is 32.2. The maximum atomic E-state index is 14.4. The van der Waals surface area contributed by atoms with Crippen molar-refractivity contribution in [2.24, 2.45) is 51.2 Å². The highest BCUT2D eigenvalue weighted by Crippen LogP contribution is 2.73. The van der Waals surface area contributed by atoms with Crippen molar-refractivity contribution in [1.29, 1.82) is 0 Å². The number of hydrogen-bond acceptors (Lipinski definition) is 7. The fraction of sp³-hybridized carbons (Fsp3) is 0.714. The van der Waals surface area contributed by atoms with Gasteiger partial charge in [-0.3, -0.25) is 14.3 Å². The van der Waals surface area contributed by atoms with Crippen molar-refractivity contribution in [2.45, 2.75) is 138 Å². The number of benzene rings is 1. The second-order valence-electron chi connectivity index (χ2n) is 20.8. The van der Waals surface area contributed by atoms with Gasteiger partial charge in [-0.15, -0.1) is 0 Å². The largest absolute Gasteiger partial charge is 0.400 e. The molecule has 4 saturated carbocycles. The maximum Gasteiger partial charge on any atom is 0.271 e. The van der Waals surface area contributed by atoms with E-state index in [0.29, 0.717) is 65.4 Å². The van der Waals surface area contributed by atoms with Crippen LogP contribution in [0.4, 0.5) is 0 Å². The van der Waals surface area contributed by atoms with Crippen LogP contribution in [0.5, 0.6) is 0 Å². The first kappa shape index (κ1) is 47.2. The van der Waals surface area contributed by atoms with Gasteiger partial charge in [-0.25, -0.2) is 4.68 Å². The number of ketones is 1. The number of Topliss-reactive ketones (excluding diaryl/α,β-unsaturated/α-hetero) is 1. The molecule has 0 saturated heterocycles. The number of aliphatic hydroxyl groups excluding tert-OH is 1. The van der Waals surface area contributed by atoms with Crippen molar-refractivity contribution < 1.29 is 24.2 Å². The summed E-state index contributed by atoms with van der Waals surface area (Å²) in [4.78, 5) is 50.5. The van der Waals surface area contributed by atoms with Gasteiger partial charge in [-0.2, -0.15) is 0 Å². The Morgan fingerprint density at radius 2 is 1.58 bits per heavy atom. The van der Waals surface area contributed by atoms with E-state index in [1.807, 2.05) is 42.1 Å². The number of carbonyl (C=O) groups is 3. The number of aliphatic hydroxyl groups is 1. The van der Waals surface area contributed by atoms with E-state index in [1.54, 1.807) is 13.8 Å². The van der Waals surface area contributed by atoms with Crippen LogP contribution in [-0.2, 0) is 31.1 Å². The first-order chi connectivity index (χ1) is 27.7. The third kappa shape index (κ3) is 8.28. The highest BCUT2D eigenvalue weighted by molar-refractivity contribution is 6.30. The van der Waals surface area contributed by atoms with Crippen LogP contribution in [0.15, 0.2) is 46.3 Å². The van der Waals surface area contributed by atoms with Crippen LogP contribution in [0.25, 0.3) is 5.69 Å². The Hall–Kier alpha value is -2.85. The average molecular weight is 837 g/mol. The molecule has 328 valence electrons. The molecule has 1 aromatic heterocycles. The first-order valence-corrected chi connectivity index (χ1v) is 22.5. The van der Waals surface area contributed by atoms with E-state index in [9.17, 15) is 19.2 Å². The Balaban J connectivity index is 0.000000594. The van der Waals surface area contributed by atoms with Crippen molar-refractivity contribution >= 4 is 30.0 Å². The smallest absolute Gasteiger partial charge is 0.271 e. The molecule has 1 N–H and O–H groups in total. The molecule has 59 heavy (non-hydrogen) atoms. The standard InChI is InChI=1S/C42H60ClN3O3.C6H10O2.CH4O/c1-26(2)37-31(47)25-42(34-24-36(48)46(45(34)23-22-44(7)8)28-12-10-27(43)11-13-28)21-16-30-29(38(37)42)14-15-33-40(30,5)19-17-32-39(3,4)35(49-9)18-20-41(32,33)6;1-6(2,5-8)3-4-7;1-2/h10-13,24,26,29-30,32-33,35H,14-23,25H2,1-9H3;4-5H,3H2,1-2H3;2H,1H3. The van der Waals surface area contributed by atoms with Crippen LogP contribution in [0.2, 0.25) is 5.02 Å². The number of allylic oxidation sites excluding steroid dienone is 2. The molecule has 7 rings (SSSR count). The zero-order chi connectivity index (χ0) is 43.9. The predicted octanol–water partition coefficient (Wildman–Crippen LogP) is 9.12. The maximum absolute atomic E-state index is 14.4. The van der Waals surface area contributed by atoms with E-state index in [0.717, 1.165) is 68.9 Å². The monoisotopic (exact) mass is 836 g/mol. The average Bonchev–Trinajstić information content (AvgIpc) is 3.68. The Labute approximate surface area is 359 Å². The topological polar surface area (TPSA) is 111 Å². The Morgan fingerprint density at radius 3 is 2.14 bits per heavy atom. The van der Waals surface area contributed by atoms with Gasteiger partial charge >= 0.3 is 0 Å². The number of hydrogen-bond donors (Lipinski definition) is 1. The van der Waals surface area contributed by atoms with Crippen molar-refractivity contribution in [3.8, 4) is 5.69 Å². The summed E-state index contributed by atoms with van der Waals surface area (Å²) < 4.78 is 10.2. The minimum atomic E-state index is -0.457. The highest BCUT2D eigenvalue weighted by Gasteiger charge is 2.67. The number of halogens is 1. The zero-order valence-electron chi connectivity index (χ0n) is 38.2. The second-order valence-corrected chi connectivity index (χ2v) is 21.2. The molecule has 2 aromatic rings. The molecule has 0 aliphatic heterocycles. The lowest BCUT2D eigenvalue weighted by molar-refractivity contribution is -0.206. The molecule has 0 amide bonds. The van der Waals surface area contributed by atoms with Crippen molar-refractivity contribution in [3.63, 3.8) is 0 Å². The molecule has 8 unspecified atom stereocenters.